The summed E-state index contributed by atoms with van der Waals surface area (Å²) in [5.74, 6) is 1.58. The number of hydrogen-bond donors (Lipinski definition) is 2. The van der Waals surface area contributed by atoms with Crippen LogP contribution in [0.25, 0.3) is 0 Å². The molecule has 4 heteroatoms. The predicted molar refractivity (Wildman–Crippen MR) is 48.1 cm³/mol. The van der Waals surface area contributed by atoms with Gasteiger partial charge in [0.25, 0.3) is 0 Å². The molecule has 0 amide bonds. The van der Waals surface area contributed by atoms with E-state index in [4.69, 9.17) is 0 Å². The second kappa shape index (κ2) is 3.87. The zero-order chi connectivity index (χ0) is 9.10. The summed E-state index contributed by atoms with van der Waals surface area (Å²) in [5, 5.41) is 3.30. The largest absolute Gasteiger partial charge is 0.344 e. The standard InChI is InChI=1S/C9H14FN3/c10-4-8-6-12-9(13-8)3-7-1-2-11-5-7/h6-7,11H,1-5H2,(H,12,13). The van der Waals surface area contributed by atoms with E-state index in [1.54, 1.807) is 6.20 Å². The third kappa shape index (κ3) is 2.06. The lowest BCUT2D eigenvalue weighted by atomic mass is 10.1. The molecule has 72 valence electrons. The number of hydrogen-bond acceptors (Lipinski definition) is 2. The van der Waals surface area contributed by atoms with Crippen LogP contribution in [0.5, 0.6) is 0 Å². The highest BCUT2D eigenvalue weighted by atomic mass is 19.1. The Morgan fingerprint density at radius 1 is 1.62 bits per heavy atom. The first kappa shape index (κ1) is 8.69. The molecule has 1 aromatic rings. The summed E-state index contributed by atoms with van der Waals surface area (Å²) in [4.78, 5) is 7.10. The van der Waals surface area contributed by atoms with E-state index >= 15 is 0 Å². The Morgan fingerprint density at radius 2 is 2.54 bits per heavy atom. The maximum absolute atomic E-state index is 12.2. The van der Waals surface area contributed by atoms with Gasteiger partial charge in [0.2, 0.25) is 0 Å². The Balaban J connectivity index is 1.92. The summed E-state index contributed by atoms with van der Waals surface area (Å²) in [7, 11) is 0. The third-order valence-electron chi connectivity index (χ3n) is 2.47. The molecule has 0 radical (unpaired) electrons. The quantitative estimate of drug-likeness (QED) is 0.734. The summed E-state index contributed by atoms with van der Waals surface area (Å²) in [6.45, 7) is 1.71. The molecule has 1 saturated heterocycles. The highest BCUT2D eigenvalue weighted by Crippen LogP contribution is 2.13. The van der Waals surface area contributed by atoms with Gasteiger partial charge in [-0.2, -0.15) is 0 Å². The summed E-state index contributed by atoms with van der Waals surface area (Å²) in [6.07, 6.45) is 3.72. The Morgan fingerprint density at radius 3 is 3.15 bits per heavy atom. The van der Waals surface area contributed by atoms with Crippen molar-refractivity contribution in [2.75, 3.05) is 13.1 Å². The summed E-state index contributed by atoms with van der Waals surface area (Å²) in [6, 6.07) is 0. The monoisotopic (exact) mass is 183 g/mol. The van der Waals surface area contributed by atoms with E-state index in [9.17, 15) is 4.39 Å². The molecular formula is C9H14FN3. The lowest BCUT2D eigenvalue weighted by molar-refractivity contribution is 0.476. The van der Waals surface area contributed by atoms with Gasteiger partial charge in [-0.3, -0.25) is 0 Å². The lowest BCUT2D eigenvalue weighted by Crippen LogP contribution is -2.11. The van der Waals surface area contributed by atoms with Gasteiger partial charge < -0.3 is 10.3 Å². The fourth-order valence-corrected chi connectivity index (χ4v) is 1.74. The molecule has 1 atom stereocenters. The molecule has 1 unspecified atom stereocenters. The van der Waals surface area contributed by atoms with Crippen molar-refractivity contribution in [3.05, 3.63) is 17.7 Å². The van der Waals surface area contributed by atoms with Gasteiger partial charge in [0.1, 0.15) is 12.5 Å². The number of aromatic amines is 1. The first-order chi connectivity index (χ1) is 6.38. The van der Waals surface area contributed by atoms with Gasteiger partial charge in [-0.05, 0) is 25.4 Å². The van der Waals surface area contributed by atoms with Crippen molar-refractivity contribution in [1.29, 1.82) is 0 Å². The van der Waals surface area contributed by atoms with Gasteiger partial charge in [-0.15, -0.1) is 0 Å². The maximum Gasteiger partial charge on any atom is 0.131 e. The molecular weight excluding hydrogens is 169 g/mol. The summed E-state index contributed by atoms with van der Waals surface area (Å²) in [5.41, 5.74) is 0.584. The number of halogens is 1. The van der Waals surface area contributed by atoms with Crippen molar-refractivity contribution in [2.24, 2.45) is 5.92 Å². The molecule has 2 N–H and O–H groups in total. The summed E-state index contributed by atoms with van der Waals surface area (Å²) >= 11 is 0. The van der Waals surface area contributed by atoms with Crippen LogP contribution in [0.4, 0.5) is 4.39 Å². The van der Waals surface area contributed by atoms with Gasteiger partial charge in [0.05, 0.1) is 11.9 Å². The molecule has 0 aromatic carbocycles. The van der Waals surface area contributed by atoms with Crippen molar-refractivity contribution in [2.45, 2.75) is 19.5 Å². The number of nitrogens with one attached hydrogen (secondary N) is 2. The normalized spacial score (nSPS) is 22.4. The highest BCUT2D eigenvalue weighted by molar-refractivity contribution is 5.01. The van der Waals surface area contributed by atoms with Gasteiger partial charge in [-0.25, -0.2) is 9.37 Å². The van der Waals surface area contributed by atoms with E-state index in [0.717, 1.165) is 25.3 Å². The number of aromatic nitrogens is 2. The van der Waals surface area contributed by atoms with E-state index in [0.29, 0.717) is 11.6 Å². The van der Waals surface area contributed by atoms with Crippen molar-refractivity contribution >= 4 is 0 Å². The fraction of sp³-hybridized carbons (Fsp3) is 0.667. The highest BCUT2D eigenvalue weighted by Gasteiger charge is 2.16. The first-order valence-corrected chi connectivity index (χ1v) is 4.68. The van der Waals surface area contributed by atoms with E-state index in [2.05, 4.69) is 15.3 Å². The van der Waals surface area contributed by atoms with E-state index in [-0.39, 0.29) is 0 Å². The van der Waals surface area contributed by atoms with Gasteiger partial charge in [-0.1, -0.05) is 0 Å². The van der Waals surface area contributed by atoms with Crippen LogP contribution in [0.15, 0.2) is 6.20 Å². The van der Waals surface area contributed by atoms with Gasteiger partial charge in [0, 0.05) is 6.42 Å². The molecule has 0 bridgehead atoms. The SMILES string of the molecule is FCc1cnc(CC2CCNC2)[nH]1. The molecule has 1 fully saturated rings. The van der Waals surface area contributed by atoms with E-state index < -0.39 is 6.67 Å². The Labute approximate surface area is 76.8 Å². The number of H-pyrrole nitrogens is 1. The predicted octanol–water partition coefficient (Wildman–Crippen LogP) is 1.03. The zero-order valence-corrected chi connectivity index (χ0v) is 7.52. The lowest BCUT2D eigenvalue weighted by Gasteiger charge is -2.03. The van der Waals surface area contributed by atoms with Crippen LogP contribution < -0.4 is 5.32 Å². The van der Waals surface area contributed by atoms with Crippen molar-refractivity contribution in [3.63, 3.8) is 0 Å². The van der Waals surface area contributed by atoms with Gasteiger partial charge >= 0.3 is 0 Å². The minimum absolute atomic E-state index is 0.448. The summed E-state index contributed by atoms with van der Waals surface area (Å²) < 4.78 is 12.2. The van der Waals surface area contributed by atoms with Crippen LogP contribution in [0.1, 0.15) is 17.9 Å². The molecule has 3 nitrogen and oxygen atoms in total. The minimum atomic E-state index is -0.448. The number of rotatable bonds is 3. The smallest absolute Gasteiger partial charge is 0.131 e. The second-order valence-corrected chi connectivity index (χ2v) is 3.55. The number of nitrogens with zero attached hydrogens (tertiary/aromatic N) is 1. The Kier molecular flexibility index (Phi) is 2.59. The second-order valence-electron chi connectivity index (χ2n) is 3.55. The molecule has 1 aromatic heterocycles. The van der Waals surface area contributed by atoms with Crippen LogP contribution >= 0.6 is 0 Å². The number of alkyl halides is 1. The average molecular weight is 183 g/mol. The first-order valence-electron chi connectivity index (χ1n) is 4.68. The molecule has 13 heavy (non-hydrogen) atoms. The van der Waals surface area contributed by atoms with Crippen LogP contribution in [0.3, 0.4) is 0 Å². The molecule has 0 saturated carbocycles. The van der Waals surface area contributed by atoms with Crippen molar-refractivity contribution in [3.8, 4) is 0 Å². The number of imidazole rings is 1. The Bertz CT molecular complexity index is 266. The van der Waals surface area contributed by atoms with Crippen LogP contribution in [-0.2, 0) is 13.1 Å². The zero-order valence-electron chi connectivity index (χ0n) is 7.52. The fourth-order valence-electron chi connectivity index (χ4n) is 1.74. The van der Waals surface area contributed by atoms with Crippen molar-refractivity contribution in [1.82, 2.24) is 15.3 Å². The average Bonchev–Trinajstić information content (AvgIpc) is 2.76. The van der Waals surface area contributed by atoms with Gasteiger partial charge in [0.15, 0.2) is 0 Å². The molecule has 0 aliphatic carbocycles. The van der Waals surface area contributed by atoms with Crippen LogP contribution in [-0.4, -0.2) is 23.1 Å². The molecule has 1 aliphatic heterocycles. The molecule has 1 aliphatic rings. The van der Waals surface area contributed by atoms with Crippen molar-refractivity contribution < 1.29 is 4.39 Å². The molecule has 0 spiro atoms. The van der Waals surface area contributed by atoms with Crippen LogP contribution in [0.2, 0.25) is 0 Å². The minimum Gasteiger partial charge on any atom is -0.344 e. The van der Waals surface area contributed by atoms with E-state index in [1.165, 1.54) is 6.42 Å². The topological polar surface area (TPSA) is 40.7 Å². The Hall–Kier alpha value is -0.900. The van der Waals surface area contributed by atoms with Crippen LogP contribution in [0, 0.1) is 5.92 Å². The molecule has 2 heterocycles. The third-order valence-corrected chi connectivity index (χ3v) is 2.47. The van der Waals surface area contributed by atoms with E-state index in [1.807, 2.05) is 0 Å². The maximum atomic E-state index is 12.2. The molecule has 2 rings (SSSR count).